The quantitative estimate of drug-likeness (QED) is 0.367. The lowest BCUT2D eigenvalue weighted by molar-refractivity contribution is 1.23. The Balaban J connectivity index is 3.04. The maximum atomic E-state index is 5.66. The van der Waals surface area contributed by atoms with Crippen LogP contribution in [0.3, 0.4) is 0 Å². The standard InChI is InChI=1S/C6H8ClN3/c1-4-2-5(10-8)3-9-6(4)7/h2-3,10H,8H2,1H3. The minimum Gasteiger partial charge on any atom is -0.323 e. The molecule has 0 saturated carbocycles. The first-order chi connectivity index (χ1) is 4.74. The molecule has 10 heavy (non-hydrogen) atoms. The highest BCUT2D eigenvalue weighted by atomic mass is 35.5. The van der Waals surface area contributed by atoms with Crippen molar-refractivity contribution < 1.29 is 0 Å². The van der Waals surface area contributed by atoms with Gasteiger partial charge in [0.15, 0.2) is 0 Å². The number of hydrogen-bond donors (Lipinski definition) is 2. The zero-order valence-electron chi connectivity index (χ0n) is 5.56. The van der Waals surface area contributed by atoms with E-state index in [0.29, 0.717) is 5.15 Å². The topological polar surface area (TPSA) is 50.9 Å². The predicted octanol–water partition coefficient (Wildman–Crippen LogP) is 1.33. The Morgan fingerprint density at radius 3 is 2.90 bits per heavy atom. The number of hydrazine groups is 1. The molecule has 0 saturated heterocycles. The summed E-state index contributed by atoms with van der Waals surface area (Å²) in [6.45, 7) is 1.87. The minimum atomic E-state index is 0.513. The molecule has 0 amide bonds. The first-order valence-corrected chi connectivity index (χ1v) is 3.20. The summed E-state index contributed by atoms with van der Waals surface area (Å²) in [5.74, 6) is 5.14. The molecule has 1 aromatic heterocycles. The molecule has 0 aliphatic carbocycles. The molecular formula is C6H8ClN3. The van der Waals surface area contributed by atoms with Gasteiger partial charge >= 0.3 is 0 Å². The van der Waals surface area contributed by atoms with Crippen LogP contribution in [0.15, 0.2) is 12.3 Å². The Morgan fingerprint density at radius 2 is 2.40 bits per heavy atom. The average molecular weight is 158 g/mol. The lowest BCUT2D eigenvalue weighted by atomic mass is 10.3. The molecule has 0 unspecified atom stereocenters. The van der Waals surface area contributed by atoms with Gasteiger partial charge in [0.2, 0.25) is 0 Å². The van der Waals surface area contributed by atoms with Crippen LogP contribution in [0.4, 0.5) is 5.69 Å². The van der Waals surface area contributed by atoms with E-state index in [1.807, 2.05) is 13.0 Å². The number of halogens is 1. The number of hydrogen-bond acceptors (Lipinski definition) is 3. The molecule has 0 aromatic carbocycles. The Kier molecular flexibility index (Phi) is 2.09. The van der Waals surface area contributed by atoms with Gasteiger partial charge in [-0.2, -0.15) is 0 Å². The number of aromatic nitrogens is 1. The predicted molar refractivity (Wildman–Crippen MR) is 41.8 cm³/mol. The van der Waals surface area contributed by atoms with Gasteiger partial charge in [-0.1, -0.05) is 11.6 Å². The first kappa shape index (κ1) is 7.31. The van der Waals surface area contributed by atoms with Crippen LogP contribution in [-0.4, -0.2) is 4.98 Å². The lowest BCUT2D eigenvalue weighted by Gasteiger charge is -2.00. The van der Waals surface area contributed by atoms with Gasteiger partial charge in [0, 0.05) is 0 Å². The number of nitrogens with zero attached hydrogens (tertiary/aromatic N) is 1. The van der Waals surface area contributed by atoms with Crippen LogP contribution in [0.2, 0.25) is 5.15 Å². The minimum absolute atomic E-state index is 0.513. The average Bonchev–Trinajstić information content (AvgIpc) is 1.95. The largest absolute Gasteiger partial charge is 0.323 e. The Bertz CT molecular complexity index is 236. The van der Waals surface area contributed by atoms with E-state index in [-0.39, 0.29) is 0 Å². The molecule has 1 heterocycles. The van der Waals surface area contributed by atoms with Crippen molar-refractivity contribution in [2.75, 3.05) is 5.43 Å². The van der Waals surface area contributed by atoms with Gasteiger partial charge in [0.25, 0.3) is 0 Å². The normalized spacial score (nSPS) is 9.50. The molecule has 0 atom stereocenters. The van der Waals surface area contributed by atoms with E-state index in [1.165, 1.54) is 0 Å². The molecule has 0 aliphatic rings. The molecule has 0 fully saturated rings. The molecule has 54 valence electrons. The molecule has 0 spiro atoms. The molecule has 1 rings (SSSR count). The van der Waals surface area contributed by atoms with E-state index in [1.54, 1.807) is 6.20 Å². The second kappa shape index (κ2) is 2.86. The van der Waals surface area contributed by atoms with Gasteiger partial charge in [0.1, 0.15) is 5.15 Å². The van der Waals surface area contributed by atoms with E-state index in [2.05, 4.69) is 10.4 Å². The SMILES string of the molecule is Cc1cc(NN)cnc1Cl. The van der Waals surface area contributed by atoms with Gasteiger partial charge in [0.05, 0.1) is 11.9 Å². The maximum Gasteiger partial charge on any atom is 0.132 e. The van der Waals surface area contributed by atoms with E-state index in [0.717, 1.165) is 11.3 Å². The highest BCUT2D eigenvalue weighted by Gasteiger charge is 1.95. The molecule has 0 aliphatic heterocycles. The monoisotopic (exact) mass is 157 g/mol. The zero-order valence-corrected chi connectivity index (χ0v) is 6.31. The van der Waals surface area contributed by atoms with Gasteiger partial charge in [-0.15, -0.1) is 0 Å². The fourth-order valence-corrected chi connectivity index (χ4v) is 0.740. The van der Waals surface area contributed by atoms with E-state index < -0.39 is 0 Å². The van der Waals surface area contributed by atoms with Crippen molar-refractivity contribution in [3.8, 4) is 0 Å². The smallest absolute Gasteiger partial charge is 0.132 e. The molecule has 0 bridgehead atoms. The van der Waals surface area contributed by atoms with Crippen molar-refractivity contribution >= 4 is 17.3 Å². The van der Waals surface area contributed by atoms with Gasteiger partial charge in [-0.05, 0) is 18.6 Å². The molecule has 3 N–H and O–H groups in total. The van der Waals surface area contributed by atoms with Crippen molar-refractivity contribution in [3.05, 3.63) is 23.0 Å². The number of rotatable bonds is 1. The Labute approximate surface area is 64.2 Å². The van der Waals surface area contributed by atoms with Crippen molar-refractivity contribution in [2.24, 2.45) is 5.84 Å². The van der Waals surface area contributed by atoms with Crippen molar-refractivity contribution in [3.63, 3.8) is 0 Å². The van der Waals surface area contributed by atoms with Crippen LogP contribution in [0.25, 0.3) is 0 Å². The van der Waals surface area contributed by atoms with Gasteiger partial charge in [-0.3, -0.25) is 5.84 Å². The summed E-state index contributed by atoms with van der Waals surface area (Å²) >= 11 is 5.66. The Hall–Kier alpha value is -0.800. The first-order valence-electron chi connectivity index (χ1n) is 2.83. The zero-order chi connectivity index (χ0) is 7.56. The number of nitrogen functional groups attached to an aromatic ring is 1. The van der Waals surface area contributed by atoms with Crippen molar-refractivity contribution in [1.82, 2.24) is 4.98 Å². The van der Waals surface area contributed by atoms with E-state index in [9.17, 15) is 0 Å². The summed E-state index contributed by atoms with van der Waals surface area (Å²) in [5.41, 5.74) is 4.15. The van der Waals surface area contributed by atoms with Crippen LogP contribution in [0, 0.1) is 6.92 Å². The third-order valence-electron chi connectivity index (χ3n) is 1.18. The second-order valence-corrected chi connectivity index (χ2v) is 2.33. The van der Waals surface area contributed by atoms with Gasteiger partial charge in [-0.25, -0.2) is 4.98 Å². The molecule has 0 radical (unpaired) electrons. The number of nitrogens with one attached hydrogen (secondary N) is 1. The van der Waals surface area contributed by atoms with Crippen molar-refractivity contribution in [1.29, 1.82) is 0 Å². The molecule has 4 heteroatoms. The number of pyridine rings is 1. The summed E-state index contributed by atoms with van der Waals surface area (Å²) < 4.78 is 0. The molecule has 1 aromatic rings. The highest BCUT2D eigenvalue weighted by Crippen LogP contribution is 2.14. The van der Waals surface area contributed by atoms with E-state index in [4.69, 9.17) is 17.4 Å². The van der Waals surface area contributed by atoms with Gasteiger partial charge < -0.3 is 5.43 Å². The summed E-state index contributed by atoms with van der Waals surface area (Å²) in [4.78, 5) is 3.87. The van der Waals surface area contributed by atoms with Crippen molar-refractivity contribution in [2.45, 2.75) is 6.92 Å². The summed E-state index contributed by atoms with van der Waals surface area (Å²) in [7, 11) is 0. The van der Waals surface area contributed by atoms with Crippen LogP contribution in [0.5, 0.6) is 0 Å². The third kappa shape index (κ3) is 1.37. The van der Waals surface area contributed by atoms with Crippen LogP contribution < -0.4 is 11.3 Å². The van der Waals surface area contributed by atoms with Crippen LogP contribution in [-0.2, 0) is 0 Å². The summed E-state index contributed by atoms with van der Waals surface area (Å²) in [6.07, 6.45) is 1.58. The maximum absolute atomic E-state index is 5.66. The molecular weight excluding hydrogens is 150 g/mol. The third-order valence-corrected chi connectivity index (χ3v) is 1.58. The Morgan fingerprint density at radius 1 is 1.70 bits per heavy atom. The molecule has 3 nitrogen and oxygen atoms in total. The van der Waals surface area contributed by atoms with Crippen LogP contribution >= 0.6 is 11.6 Å². The fraction of sp³-hybridized carbons (Fsp3) is 0.167. The number of anilines is 1. The fourth-order valence-electron chi connectivity index (χ4n) is 0.637. The number of aryl methyl sites for hydroxylation is 1. The summed E-state index contributed by atoms with van der Waals surface area (Å²) in [6, 6.07) is 1.83. The van der Waals surface area contributed by atoms with Crippen LogP contribution in [0.1, 0.15) is 5.56 Å². The van der Waals surface area contributed by atoms with E-state index >= 15 is 0 Å². The lowest BCUT2D eigenvalue weighted by Crippen LogP contribution is -2.07. The second-order valence-electron chi connectivity index (χ2n) is 1.98. The number of nitrogens with two attached hydrogens (primary N) is 1. The summed E-state index contributed by atoms with van der Waals surface area (Å²) in [5, 5.41) is 0.513. The highest BCUT2D eigenvalue weighted by molar-refractivity contribution is 6.30.